The van der Waals surface area contributed by atoms with Gasteiger partial charge in [0.2, 0.25) is 0 Å². The van der Waals surface area contributed by atoms with Crippen LogP contribution in [0.25, 0.3) is 22.1 Å². The first-order valence-electron chi connectivity index (χ1n) is 26.8. The topological polar surface area (TPSA) is 196 Å². The van der Waals surface area contributed by atoms with Crippen LogP contribution in [0.15, 0.2) is 84.9 Å². The smallest absolute Gasteiger partial charge is 0.870 e. The number of nitrogens with zero attached hydrogens (tertiary/aromatic N) is 8. The first kappa shape index (κ1) is 59.6. The molecule has 2 atom stereocenters. The van der Waals surface area contributed by atoms with Gasteiger partial charge in [-0.2, -0.15) is 0 Å². The number of benzene rings is 6. The molecule has 0 saturated carbocycles. The molecule has 406 valence electrons. The van der Waals surface area contributed by atoms with Gasteiger partial charge in [0, 0.05) is 62.2 Å². The first-order chi connectivity index (χ1) is 36.9. The third kappa shape index (κ3) is 12.1. The molecule has 4 heterocycles. The van der Waals surface area contributed by atoms with Gasteiger partial charge in [-0.15, -0.1) is 10.2 Å². The number of fused-ring (bicyclic) bond motifs is 4. The molecule has 10 rings (SSSR count). The summed E-state index contributed by atoms with van der Waals surface area (Å²) in [6, 6.07) is 28.7. The number of methoxy groups -OCH3 is 1. The van der Waals surface area contributed by atoms with E-state index in [0.717, 1.165) is 126 Å². The molecular formula is C63H71N8NaO7. The van der Waals surface area contributed by atoms with E-state index in [4.69, 9.17) is 4.74 Å². The molecular weight excluding hydrogens is 1000 g/mol. The Labute approximate surface area is 484 Å². The van der Waals surface area contributed by atoms with Gasteiger partial charge in [0.05, 0.1) is 31.0 Å². The average Bonchev–Trinajstić information content (AvgIpc) is 4.07. The molecule has 2 unspecified atom stereocenters. The fourth-order valence-electron chi connectivity index (χ4n) is 11.4. The van der Waals surface area contributed by atoms with E-state index in [-0.39, 0.29) is 77.5 Å². The van der Waals surface area contributed by atoms with Gasteiger partial charge in [0.1, 0.15) is 11.0 Å². The zero-order chi connectivity index (χ0) is 55.0. The van der Waals surface area contributed by atoms with E-state index < -0.39 is 5.97 Å². The number of hydrogen-bond donors (Lipinski definition) is 1. The fourth-order valence-corrected chi connectivity index (χ4v) is 11.4. The summed E-state index contributed by atoms with van der Waals surface area (Å²) in [5.41, 5.74) is 22.6. The van der Waals surface area contributed by atoms with E-state index in [1.54, 1.807) is 0 Å². The standard InChI is InChI=1S/C32H36N4O3.C31H34N4O3.Na.H2O/c1-7-36-29-11-10-27(22(5)31(29)33-34-36)28(17-30(37)39-6)24-9-8-23-12-13-35(18-26(23)16-24)32(38)25-14-19(2)21(4)20(3)15-25;1-6-35-28-10-9-26(21(5)30(28)32-33-35)27(16-29(36)37)23-8-7-22-11-12-34(17-25(22)15-23)31(38)24-13-18(2)20(4)19(3)14-24;;/h8-11,14-16,28H,7,12-13,17-18H2,1-6H3;7-10,13-15,27H,6,11-12,16-17H2,1-5H3,(H,36,37);;1H2/q;;+1;/p-1. The van der Waals surface area contributed by atoms with Gasteiger partial charge in [-0.3, -0.25) is 19.2 Å². The molecule has 2 aliphatic heterocycles. The second kappa shape index (κ2) is 25.0. The largest absolute Gasteiger partial charge is 1.00 e. The van der Waals surface area contributed by atoms with Crippen molar-refractivity contribution in [3.8, 4) is 0 Å². The molecule has 0 saturated heterocycles. The van der Waals surface area contributed by atoms with Crippen molar-refractivity contribution in [1.82, 2.24) is 39.8 Å². The van der Waals surface area contributed by atoms with Crippen LogP contribution in [0.3, 0.4) is 0 Å². The molecule has 15 nitrogen and oxygen atoms in total. The summed E-state index contributed by atoms with van der Waals surface area (Å²) in [6.07, 6.45) is 1.77. The quantitative estimate of drug-likeness (QED) is 0.0923. The van der Waals surface area contributed by atoms with E-state index >= 15 is 0 Å². The van der Waals surface area contributed by atoms with Crippen LogP contribution in [0.5, 0.6) is 0 Å². The molecule has 0 aliphatic carbocycles. The summed E-state index contributed by atoms with van der Waals surface area (Å²) in [7, 11) is 1.42. The van der Waals surface area contributed by atoms with Crippen LogP contribution >= 0.6 is 0 Å². The third-order valence-electron chi connectivity index (χ3n) is 16.5. The Morgan fingerprint density at radius 2 is 0.937 bits per heavy atom. The number of aliphatic carboxylic acids is 1. The minimum Gasteiger partial charge on any atom is -0.870 e. The number of hydrogen-bond acceptors (Lipinski definition) is 10. The predicted molar refractivity (Wildman–Crippen MR) is 301 cm³/mol. The van der Waals surface area contributed by atoms with E-state index in [2.05, 4.69) is 84.7 Å². The van der Waals surface area contributed by atoms with Crippen molar-refractivity contribution >= 4 is 45.8 Å². The number of aromatic nitrogens is 6. The summed E-state index contributed by atoms with van der Waals surface area (Å²) < 4.78 is 8.81. The molecule has 0 radical (unpaired) electrons. The maximum Gasteiger partial charge on any atom is 1.00 e. The van der Waals surface area contributed by atoms with Gasteiger partial charge in [0.15, 0.2) is 0 Å². The van der Waals surface area contributed by atoms with Crippen LogP contribution in [0.4, 0.5) is 0 Å². The molecule has 2 amide bonds. The number of carboxylic acids is 1. The normalized spacial score (nSPS) is 13.6. The van der Waals surface area contributed by atoms with E-state index in [9.17, 15) is 24.3 Å². The Morgan fingerprint density at radius 3 is 1.30 bits per heavy atom. The van der Waals surface area contributed by atoms with E-state index in [1.807, 2.05) is 109 Å². The summed E-state index contributed by atoms with van der Waals surface area (Å²) in [5.74, 6) is -1.56. The molecule has 2 N–H and O–H groups in total. The predicted octanol–water partition coefficient (Wildman–Crippen LogP) is 7.90. The Morgan fingerprint density at radius 1 is 0.544 bits per heavy atom. The number of amides is 2. The number of carboxylic acid groups (broad SMARTS) is 1. The molecule has 0 bridgehead atoms. The van der Waals surface area contributed by atoms with Crippen molar-refractivity contribution < 1.29 is 64.1 Å². The van der Waals surface area contributed by atoms with Crippen molar-refractivity contribution in [2.45, 2.75) is 133 Å². The minimum absolute atomic E-state index is 0. The van der Waals surface area contributed by atoms with Gasteiger partial charge < -0.3 is 25.1 Å². The third-order valence-corrected chi connectivity index (χ3v) is 16.5. The van der Waals surface area contributed by atoms with E-state index in [1.165, 1.54) is 29.4 Å². The van der Waals surface area contributed by atoms with Gasteiger partial charge in [-0.05, 0) is 207 Å². The van der Waals surface area contributed by atoms with Crippen LogP contribution in [0.2, 0.25) is 0 Å². The van der Waals surface area contributed by atoms with Crippen molar-refractivity contribution in [3.05, 3.63) is 185 Å². The van der Waals surface area contributed by atoms with Crippen LogP contribution in [0.1, 0.15) is 148 Å². The summed E-state index contributed by atoms with van der Waals surface area (Å²) in [5, 5.41) is 27.1. The van der Waals surface area contributed by atoms with Crippen LogP contribution < -0.4 is 29.6 Å². The number of carbonyl (C=O) groups excluding carboxylic acids is 3. The number of rotatable bonds is 12. The zero-order valence-corrected chi connectivity index (χ0v) is 49.8. The Bertz CT molecular complexity index is 3590. The number of carbonyl (C=O) groups is 4. The van der Waals surface area contributed by atoms with Crippen LogP contribution in [-0.2, 0) is 53.3 Å². The second-order valence-electron chi connectivity index (χ2n) is 21.1. The Kier molecular flexibility index (Phi) is 18.8. The van der Waals surface area contributed by atoms with Crippen molar-refractivity contribution in [3.63, 3.8) is 0 Å². The van der Waals surface area contributed by atoms with Gasteiger partial charge >= 0.3 is 41.5 Å². The Hall–Kier alpha value is -7.04. The molecule has 79 heavy (non-hydrogen) atoms. The number of aryl methyl sites for hydroxylation is 8. The van der Waals surface area contributed by atoms with Gasteiger partial charge in [-0.1, -0.05) is 59.0 Å². The molecule has 2 aliphatic rings. The molecule has 2 aromatic heterocycles. The molecule has 0 fully saturated rings. The summed E-state index contributed by atoms with van der Waals surface area (Å²) in [4.78, 5) is 55.3. The fraction of sp³-hybridized carbons (Fsp3) is 0.365. The number of esters is 1. The minimum atomic E-state index is -0.855. The molecule has 0 spiro atoms. The van der Waals surface area contributed by atoms with Gasteiger partial charge in [-0.25, -0.2) is 9.36 Å². The van der Waals surface area contributed by atoms with Crippen molar-refractivity contribution in [2.24, 2.45) is 0 Å². The maximum absolute atomic E-state index is 13.5. The molecule has 16 heteroatoms. The summed E-state index contributed by atoms with van der Waals surface area (Å²) >= 11 is 0. The van der Waals surface area contributed by atoms with Crippen molar-refractivity contribution in [1.29, 1.82) is 0 Å². The zero-order valence-electron chi connectivity index (χ0n) is 47.8. The Balaban J connectivity index is 0.000000223. The van der Waals surface area contributed by atoms with E-state index in [0.29, 0.717) is 26.2 Å². The van der Waals surface area contributed by atoms with Gasteiger partial charge in [0.25, 0.3) is 11.8 Å². The second-order valence-corrected chi connectivity index (χ2v) is 21.1. The molecule has 8 aromatic rings. The average molecular weight is 1080 g/mol. The number of ether oxygens (including phenoxy) is 1. The van der Waals surface area contributed by atoms with Crippen LogP contribution in [-0.4, -0.2) is 94.3 Å². The monoisotopic (exact) mass is 1070 g/mol. The van der Waals surface area contributed by atoms with Crippen LogP contribution in [0, 0.1) is 55.4 Å². The summed E-state index contributed by atoms with van der Waals surface area (Å²) in [6.45, 7) is 24.3. The first-order valence-corrected chi connectivity index (χ1v) is 26.8. The maximum atomic E-state index is 13.5. The molecule has 6 aromatic carbocycles. The SMILES string of the molecule is CCn1nnc2c(C)c(C(CC(=O)O)c3ccc4c(c3)CN(C(=O)c3cc(C)c(C)c(C)c3)CC4)ccc21.CCn1nnc2c(C)c(C(CC(=O)OC)c3ccc4c(c3)CN(C(=O)c3cc(C)c(C)c(C)c3)CC4)ccc21.[Na+].[OH-]. The van der Waals surface area contributed by atoms with Crippen molar-refractivity contribution in [2.75, 3.05) is 20.2 Å².